The maximum absolute atomic E-state index is 13.8. The molecular formula is C32H24BrNO7S. The van der Waals surface area contributed by atoms with Crippen LogP contribution in [0.2, 0.25) is 0 Å². The van der Waals surface area contributed by atoms with Crippen molar-refractivity contribution in [3.63, 3.8) is 0 Å². The van der Waals surface area contributed by atoms with Crippen molar-refractivity contribution >= 4 is 48.5 Å². The number of pyridine rings is 1. The molecule has 1 N–H and O–H groups in total. The minimum absolute atomic E-state index is 0.00785. The van der Waals surface area contributed by atoms with Gasteiger partial charge >= 0.3 is 11.9 Å². The molecule has 0 bridgehead atoms. The van der Waals surface area contributed by atoms with E-state index in [0.29, 0.717) is 27.5 Å². The van der Waals surface area contributed by atoms with Gasteiger partial charge in [-0.15, -0.1) is 0 Å². The zero-order chi connectivity index (χ0) is 30.0. The number of fused-ring (bicyclic) bond motifs is 1. The summed E-state index contributed by atoms with van der Waals surface area (Å²) in [5, 5.41) is 10.1. The number of sulfone groups is 1. The second-order valence-electron chi connectivity index (χ2n) is 9.57. The van der Waals surface area contributed by atoms with Gasteiger partial charge < -0.3 is 9.84 Å². The lowest BCUT2D eigenvalue weighted by Crippen LogP contribution is -2.28. The van der Waals surface area contributed by atoms with Crippen LogP contribution in [-0.4, -0.2) is 37.1 Å². The van der Waals surface area contributed by atoms with Gasteiger partial charge in [0.15, 0.2) is 9.84 Å². The Hall–Kier alpha value is -4.54. The van der Waals surface area contributed by atoms with E-state index in [9.17, 15) is 22.8 Å². The van der Waals surface area contributed by atoms with Crippen LogP contribution >= 0.6 is 15.9 Å². The fraction of sp³-hybridized carbons (Fsp3) is 0.0938. The van der Waals surface area contributed by atoms with Gasteiger partial charge in [0, 0.05) is 15.4 Å². The number of rotatable bonds is 8. The molecule has 212 valence electrons. The summed E-state index contributed by atoms with van der Waals surface area (Å²) >= 11 is 3.47. The Bertz CT molecular complexity index is 1980. The summed E-state index contributed by atoms with van der Waals surface area (Å²) in [6, 6.07) is 26.3. The fourth-order valence-corrected chi connectivity index (χ4v) is 6.52. The van der Waals surface area contributed by atoms with Crippen molar-refractivity contribution in [2.24, 2.45) is 0 Å². The van der Waals surface area contributed by atoms with Crippen LogP contribution in [0.1, 0.15) is 32.0 Å². The lowest BCUT2D eigenvalue weighted by atomic mass is 9.96. The molecule has 0 fully saturated rings. The van der Waals surface area contributed by atoms with E-state index in [2.05, 4.69) is 15.9 Å². The number of hydrogen-bond donors (Lipinski definition) is 1. The highest BCUT2D eigenvalue weighted by atomic mass is 79.9. The smallest absolute Gasteiger partial charge is 0.355 e. The lowest BCUT2D eigenvalue weighted by Gasteiger charge is -2.19. The average molecular weight is 647 g/mol. The van der Waals surface area contributed by atoms with E-state index in [1.54, 1.807) is 30.3 Å². The van der Waals surface area contributed by atoms with E-state index in [4.69, 9.17) is 9.84 Å². The summed E-state index contributed by atoms with van der Waals surface area (Å²) < 4.78 is 33.4. The Balaban J connectivity index is 1.56. The first kappa shape index (κ1) is 29.0. The van der Waals surface area contributed by atoms with Crippen molar-refractivity contribution in [3.8, 4) is 11.1 Å². The second kappa shape index (κ2) is 11.8. The van der Waals surface area contributed by atoms with Gasteiger partial charge in [-0.25, -0.2) is 18.0 Å². The molecule has 1 aromatic heterocycles. The molecule has 0 aliphatic heterocycles. The van der Waals surface area contributed by atoms with E-state index in [1.165, 1.54) is 48.1 Å². The van der Waals surface area contributed by atoms with Gasteiger partial charge in [0.2, 0.25) is 0 Å². The third-order valence-electron chi connectivity index (χ3n) is 6.86. The van der Waals surface area contributed by atoms with Crippen molar-refractivity contribution in [2.45, 2.75) is 17.2 Å². The molecule has 0 spiro atoms. The SMILES string of the molecule is COC(=O)c1c(-c2ccccc2)c2cc(Br)ccc2c(=O)n1Cc1ccc(S(=O)(=O)Cc2ccc(C(=O)O)cc2)cc1. The quantitative estimate of drug-likeness (QED) is 0.207. The predicted molar refractivity (Wildman–Crippen MR) is 163 cm³/mol. The van der Waals surface area contributed by atoms with Crippen molar-refractivity contribution in [1.82, 2.24) is 4.57 Å². The van der Waals surface area contributed by atoms with Gasteiger partial charge in [-0.3, -0.25) is 9.36 Å². The Kier molecular flexibility index (Phi) is 8.11. The molecule has 0 saturated carbocycles. The maximum atomic E-state index is 13.8. The van der Waals surface area contributed by atoms with Crippen LogP contribution in [0.4, 0.5) is 0 Å². The summed E-state index contributed by atoms with van der Waals surface area (Å²) in [7, 11) is -2.48. The normalized spacial score (nSPS) is 11.4. The minimum Gasteiger partial charge on any atom is -0.478 e. The number of carboxylic acids is 1. The molecule has 0 unspecified atom stereocenters. The number of ether oxygens (including phenoxy) is 1. The first-order valence-corrected chi connectivity index (χ1v) is 15.2. The zero-order valence-corrected chi connectivity index (χ0v) is 24.7. The lowest BCUT2D eigenvalue weighted by molar-refractivity contribution is 0.0588. The Morgan fingerprint density at radius 3 is 2.12 bits per heavy atom. The number of halogens is 1. The number of aromatic nitrogens is 1. The zero-order valence-electron chi connectivity index (χ0n) is 22.3. The number of carboxylic acid groups (broad SMARTS) is 1. The Morgan fingerprint density at radius 1 is 0.857 bits per heavy atom. The summed E-state index contributed by atoms with van der Waals surface area (Å²) in [6.07, 6.45) is 0. The highest BCUT2D eigenvalue weighted by Crippen LogP contribution is 2.33. The Labute approximate surface area is 249 Å². The molecule has 8 nitrogen and oxygen atoms in total. The molecule has 5 aromatic rings. The Morgan fingerprint density at radius 2 is 1.50 bits per heavy atom. The van der Waals surface area contributed by atoms with Crippen molar-refractivity contribution in [1.29, 1.82) is 0 Å². The molecule has 0 amide bonds. The number of benzene rings is 4. The van der Waals surface area contributed by atoms with E-state index in [-0.39, 0.29) is 34.0 Å². The number of carbonyl (C=O) groups excluding carboxylic acids is 1. The molecule has 1 heterocycles. The minimum atomic E-state index is -3.74. The van der Waals surface area contributed by atoms with Gasteiger partial charge in [-0.2, -0.15) is 0 Å². The summed E-state index contributed by atoms with van der Waals surface area (Å²) in [4.78, 5) is 38.1. The van der Waals surface area contributed by atoms with Gasteiger partial charge in [-0.1, -0.05) is 70.5 Å². The van der Waals surface area contributed by atoms with Crippen molar-refractivity contribution in [3.05, 3.63) is 134 Å². The molecule has 0 saturated heterocycles. The number of methoxy groups -OCH3 is 1. The first-order valence-electron chi connectivity index (χ1n) is 12.7. The van der Waals surface area contributed by atoms with Crippen LogP contribution in [-0.2, 0) is 26.9 Å². The standard InChI is InChI=1S/C32H24BrNO7S/c1-41-32(38)29-28(22-5-3-2-4-6-22)27-17-24(33)13-16-26(27)30(35)34(29)18-20-9-14-25(15-10-20)42(39,40)19-21-7-11-23(12-8-21)31(36)37/h2-17H,18-19H2,1H3,(H,36,37). The molecule has 0 atom stereocenters. The molecule has 4 aromatic carbocycles. The van der Waals surface area contributed by atoms with E-state index >= 15 is 0 Å². The van der Waals surface area contributed by atoms with Gasteiger partial charge in [0.25, 0.3) is 5.56 Å². The largest absolute Gasteiger partial charge is 0.478 e. The molecular weight excluding hydrogens is 622 g/mol. The number of esters is 1. The van der Waals surface area contributed by atoms with Crippen LogP contribution in [0, 0.1) is 0 Å². The van der Waals surface area contributed by atoms with E-state index in [0.717, 1.165) is 10.0 Å². The summed E-state index contributed by atoms with van der Waals surface area (Å²) in [5.74, 6) is -2.08. The molecule has 0 radical (unpaired) electrons. The molecule has 0 aliphatic rings. The number of nitrogens with zero attached hydrogens (tertiary/aromatic N) is 1. The third kappa shape index (κ3) is 5.77. The monoisotopic (exact) mass is 645 g/mol. The molecule has 5 rings (SSSR count). The average Bonchev–Trinajstić information content (AvgIpc) is 2.98. The molecule has 0 aliphatic carbocycles. The van der Waals surface area contributed by atoms with E-state index in [1.807, 2.05) is 30.3 Å². The predicted octanol–water partition coefficient (Wildman–Crippen LogP) is 5.94. The van der Waals surface area contributed by atoms with Gasteiger partial charge in [0.1, 0.15) is 5.69 Å². The van der Waals surface area contributed by atoms with Crippen molar-refractivity contribution < 1.29 is 27.9 Å². The topological polar surface area (TPSA) is 120 Å². The highest BCUT2D eigenvalue weighted by molar-refractivity contribution is 9.10. The number of hydrogen-bond acceptors (Lipinski definition) is 6. The fourth-order valence-electron chi connectivity index (χ4n) is 4.81. The molecule has 10 heteroatoms. The summed E-state index contributed by atoms with van der Waals surface area (Å²) in [5.41, 5.74) is 2.09. The van der Waals surface area contributed by atoms with Crippen LogP contribution in [0.5, 0.6) is 0 Å². The van der Waals surface area contributed by atoms with Crippen LogP contribution in [0.25, 0.3) is 21.9 Å². The van der Waals surface area contributed by atoms with Crippen LogP contribution < -0.4 is 5.56 Å². The number of aromatic carboxylic acids is 1. The molecule has 42 heavy (non-hydrogen) atoms. The highest BCUT2D eigenvalue weighted by Gasteiger charge is 2.25. The third-order valence-corrected chi connectivity index (χ3v) is 9.05. The van der Waals surface area contributed by atoms with Crippen LogP contribution in [0.15, 0.2) is 111 Å². The summed E-state index contributed by atoms with van der Waals surface area (Å²) in [6.45, 7) is -0.00785. The van der Waals surface area contributed by atoms with Gasteiger partial charge in [0.05, 0.1) is 29.9 Å². The number of carbonyl (C=O) groups is 2. The second-order valence-corrected chi connectivity index (χ2v) is 12.5. The van der Waals surface area contributed by atoms with Gasteiger partial charge in [-0.05, 0) is 64.5 Å². The van der Waals surface area contributed by atoms with Crippen molar-refractivity contribution in [2.75, 3.05) is 7.11 Å². The first-order chi connectivity index (χ1) is 20.1. The maximum Gasteiger partial charge on any atom is 0.355 e. The van der Waals surface area contributed by atoms with E-state index < -0.39 is 21.8 Å². The van der Waals surface area contributed by atoms with Crippen LogP contribution in [0.3, 0.4) is 0 Å².